The highest BCUT2D eigenvalue weighted by molar-refractivity contribution is 8.00. The molecule has 1 fully saturated rings. The predicted octanol–water partition coefficient (Wildman–Crippen LogP) is 6.24. The molecule has 0 unspecified atom stereocenters. The first kappa shape index (κ1) is 19.9. The van der Waals surface area contributed by atoms with Crippen LogP contribution in [-0.4, -0.2) is 40.9 Å². The Hall–Kier alpha value is -0.850. The van der Waals surface area contributed by atoms with Crippen molar-refractivity contribution < 1.29 is 13.2 Å². The number of hydrogen-bond acceptors (Lipinski definition) is 2. The van der Waals surface area contributed by atoms with Crippen LogP contribution in [0.1, 0.15) is 39.3 Å². The number of H-pyrrole nitrogens is 1. The van der Waals surface area contributed by atoms with E-state index in [1.807, 2.05) is 12.1 Å². The van der Waals surface area contributed by atoms with Gasteiger partial charge in [0, 0.05) is 21.7 Å². The molecule has 2 aromatic rings. The SMILES string of the molecule is CC(C)(C)c1cc2ccc(Cl)c(SC3CCN(CC(F)(F)F)CC3)c2[nH]1. The zero-order chi connectivity index (χ0) is 19.1. The molecule has 1 aromatic heterocycles. The molecular formula is C19H24ClF3N2S. The minimum absolute atomic E-state index is 0.0103. The first-order valence-corrected chi connectivity index (χ1v) is 10.1. The first-order chi connectivity index (χ1) is 12.0. The van der Waals surface area contributed by atoms with Crippen LogP contribution in [0, 0.1) is 0 Å². The molecule has 1 aliphatic heterocycles. The number of benzene rings is 1. The number of fused-ring (bicyclic) bond motifs is 1. The Morgan fingerprint density at radius 2 is 1.85 bits per heavy atom. The molecule has 0 radical (unpaired) electrons. The van der Waals surface area contributed by atoms with Crippen molar-refractivity contribution in [3.63, 3.8) is 0 Å². The average molecular weight is 405 g/mol. The van der Waals surface area contributed by atoms with E-state index in [9.17, 15) is 13.2 Å². The summed E-state index contributed by atoms with van der Waals surface area (Å²) in [4.78, 5) is 6.01. The molecule has 0 aliphatic carbocycles. The number of alkyl halides is 3. The van der Waals surface area contributed by atoms with Crippen LogP contribution in [-0.2, 0) is 5.41 Å². The number of nitrogens with zero attached hydrogens (tertiary/aromatic N) is 1. The lowest BCUT2D eigenvalue weighted by Gasteiger charge is -2.32. The van der Waals surface area contributed by atoms with E-state index in [1.165, 1.54) is 4.90 Å². The molecule has 26 heavy (non-hydrogen) atoms. The molecule has 0 bridgehead atoms. The van der Waals surface area contributed by atoms with Gasteiger partial charge < -0.3 is 4.98 Å². The maximum Gasteiger partial charge on any atom is 0.401 e. The number of rotatable bonds is 3. The lowest BCUT2D eigenvalue weighted by Crippen LogP contribution is -2.40. The van der Waals surface area contributed by atoms with Crippen molar-refractivity contribution in [2.45, 2.75) is 55.3 Å². The summed E-state index contributed by atoms with van der Waals surface area (Å²) in [6, 6.07) is 6.08. The number of aromatic amines is 1. The van der Waals surface area contributed by atoms with Gasteiger partial charge in [-0.15, -0.1) is 11.8 Å². The third kappa shape index (κ3) is 4.70. The summed E-state index contributed by atoms with van der Waals surface area (Å²) in [5.41, 5.74) is 2.19. The van der Waals surface area contributed by atoms with Crippen molar-refractivity contribution in [2.75, 3.05) is 19.6 Å². The molecular weight excluding hydrogens is 381 g/mol. The molecule has 0 saturated carbocycles. The summed E-state index contributed by atoms with van der Waals surface area (Å²) in [7, 11) is 0. The van der Waals surface area contributed by atoms with Crippen LogP contribution in [0.3, 0.4) is 0 Å². The summed E-state index contributed by atoms with van der Waals surface area (Å²) < 4.78 is 37.6. The van der Waals surface area contributed by atoms with Crippen LogP contribution in [0.2, 0.25) is 5.02 Å². The monoisotopic (exact) mass is 404 g/mol. The zero-order valence-electron chi connectivity index (χ0n) is 15.2. The van der Waals surface area contributed by atoms with Crippen molar-refractivity contribution in [2.24, 2.45) is 0 Å². The molecule has 1 N–H and O–H groups in total. The second kappa shape index (κ2) is 7.28. The summed E-state index contributed by atoms with van der Waals surface area (Å²) in [6.45, 7) is 6.60. The Kier molecular flexibility index (Phi) is 5.58. The third-order valence-corrected chi connectivity index (χ3v) is 6.62. The van der Waals surface area contributed by atoms with Crippen LogP contribution in [0.25, 0.3) is 10.9 Å². The minimum Gasteiger partial charge on any atom is -0.357 e. The van der Waals surface area contributed by atoms with Crippen molar-refractivity contribution in [3.05, 3.63) is 28.9 Å². The predicted molar refractivity (Wildman–Crippen MR) is 103 cm³/mol. The van der Waals surface area contributed by atoms with Gasteiger partial charge in [-0.25, -0.2) is 0 Å². The quantitative estimate of drug-likeness (QED) is 0.653. The highest BCUT2D eigenvalue weighted by Crippen LogP contribution is 2.40. The molecule has 144 valence electrons. The van der Waals surface area contributed by atoms with Crippen LogP contribution in [0.4, 0.5) is 13.2 Å². The maximum atomic E-state index is 12.5. The minimum atomic E-state index is -4.12. The number of halogens is 4. The van der Waals surface area contributed by atoms with Gasteiger partial charge >= 0.3 is 6.18 Å². The smallest absolute Gasteiger partial charge is 0.357 e. The molecule has 1 saturated heterocycles. The van der Waals surface area contributed by atoms with E-state index in [2.05, 4.69) is 31.8 Å². The number of thioether (sulfide) groups is 1. The molecule has 0 atom stereocenters. The summed E-state index contributed by atoms with van der Waals surface area (Å²) in [5.74, 6) is 0. The molecule has 7 heteroatoms. The van der Waals surface area contributed by atoms with Gasteiger partial charge in [-0.05, 0) is 38.1 Å². The van der Waals surface area contributed by atoms with Crippen LogP contribution in [0.15, 0.2) is 23.1 Å². The molecule has 2 heterocycles. The van der Waals surface area contributed by atoms with Gasteiger partial charge in [-0.2, -0.15) is 13.2 Å². The Bertz CT molecular complexity index is 771. The molecule has 3 rings (SSSR count). The van der Waals surface area contributed by atoms with Crippen molar-refractivity contribution in [3.8, 4) is 0 Å². The number of hydrogen-bond donors (Lipinski definition) is 1. The van der Waals surface area contributed by atoms with E-state index in [1.54, 1.807) is 11.8 Å². The Labute approximate surface area is 161 Å². The normalized spacial score (nSPS) is 18.0. The van der Waals surface area contributed by atoms with E-state index in [0.29, 0.717) is 18.1 Å². The van der Waals surface area contributed by atoms with Gasteiger partial charge in [0.2, 0.25) is 0 Å². The van der Waals surface area contributed by atoms with Gasteiger partial charge in [0.25, 0.3) is 0 Å². The summed E-state index contributed by atoms with van der Waals surface area (Å²) in [5, 5.41) is 2.10. The second-order valence-corrected chi connectivity index (χ2v) is 9.70. The fraction of sp³-hybridized carbons (Fsp3) is 0.579. The Morgan fingerprint density at radius 1 is 1.19 bits per heavy atom. The molecule has 0 spiro atoms. The molecule has 2 nitrogen and oxygen atoms in total. The largest absolute Gasteiger partial charge is 0.401 e. The lowest BCUT2D eigenvalue weighted by molar-refractivity contribution is -0.147. The lowest BCUT2D eigenvalue weighted by atomic mass is 9.92. The number of nitrogens with one attached hydrogen (secondary N) is 1. The van der Waals surface area contributed by atoms with Crippen LogP contribution >= 0.6 is 23.4 Å². The highest BCUT2D eigenvalue weighted by Gasteiger charge is 2.33. The van der Waals surface area contributed by atoms with E-state index >= 15 is 0 Å². The third-order valence-electron chi connectivity index (χ3n) is 4.73. The number of piperidine rings is 1. The fourth-order valence-corrected chi connectivity index (χ4v) is 4.81. The van der Waals surface area contributed by atoms with Gasteiger partial charge in [0.15, 0.2) is 0 Å². The molecule has 0 amide bonds. The van der Waals surface area contributed by atoms with Crippen molar-refractivity contribution >= 4 is 34.3 Å². The average Bonchev–Trinajstić information content (AvgIpc) is 2.95. The van der Waals surface area contributed by atoms with Crippen molar-refractivity contribution in [1.82, 2.24) is 9.88 Å². The Morgan fingerprint density at radius 3 is 2.42 bits per heavy atom. The van der Waals surface area contributed by atoms with E-state index in [4.69, 9.17) is 11.6 Å². The topological polar surface area (TPSA) is 19.0 Å². The van der Waals surface area contributed by atoms with Gasteiger partial charge in [0.05, 0.1) is 22.0 Å². The number of likely N-dealkylation sites (tertiary alicyclic amines) is 1. The van der Waals surface area contributed by atoms with Crippen LogP contribution < -0.4 is 0 Å². The number of aromatic nitrogens is 1. The summed E-state index contributed by atoms with van der Waals surface area (Å²) >= 11 is 8.16. The maximum absolute atomic E-state index is 12.5. The molecule has 1 aromatic carbocycles. The van der Waals surface area contributed by atoms with Gasteiger partial charge in [-0.3, -0.25) is 4.90 Å². The summed E-state index contributed by atoms with van der Waals surface area (Å²) in [6.07, 6.45) is -2.65. The second-order valence-electron chi connectivity index (χ2n) is 7.98. The van der Waals surface area contributed by atoms with E-state index in [0.717, 1.165) is 34.3 Å². The Balaban J connectivity index is 1.75. The van der Waals surface area contributed by atoms with Crippen LogP contribution in [0.5, 0.6) is 0 Å². The zero-order valence-corrected chi connectivity index (χ0v) is 16.8. The van der Waals surface area contributed by atoms with Gasteiger partial charge in [0.1, 0.15) is 0 Å². The van der Waals surface area contributed by atoms with E-state index in [-0.39, 0.29) is 10.7 Å². The standard InChI is InChI=1S/C19H24ClF3N2S/c1-18(2,3)15-10-12-4-5-14(20)17(16(12)24-15)26-13-6-8-25(9-7-13)11-19(21,22)23/h4-5,10,13,24H,6-9,11H2,1-3H3. The van der Waals surface area contributed by atoms with Gasteiger partial charge in [-0.1, -0.05) is 38.4 Å². The fourth-order valence-electron chi connectivity index (χ4n) is 3.27. The molecule has 1 aliphatic rings. The van der Waals surface area contributed by atoms with Crippen molar-refractivity contribution in [1.29, 1.82) is 0 Å². The highest BCUT2D eigenvalue weighted by atomic mass is 35.5. The first-order valence-electron chi connectivity index (χ1n) is 8.80. The van der Waals surface area contributed by atoms with E-state index < -0.39 is 12.7 Å².